The molecule has 2 heterocycles. The Kier molecular flexibility index (Phi) is 5.35. The number of rotatable bonds is 4. The van der Waals surface area contributed by atoms with Gasteiger partial charge in [-0.1, -0.05) is 0 Å². The maximum Gasteiger partial charge on any atom is 0.263 e. The van der Waals surface area contributed by atoms with Crippen LogP contribution in [0.1, 0.15) is 15.9 Å². The van der Waals surface area contributed by atoms with Crippen LogP contribution in [0.15, 0.2) is 29.4 Å². The number of sulfonamides is 1. The van der Waals surface area contributed by atoms with E-state index in [2.05, 4.69) is 10.4 Å². The molecule has 1 fully saturated rings. The van der Waals surface area contributed by atoms with Crippen molar-refractivity contribution in [2.75, 3.05) is 29.9 Å². The standard InChI is InChI=1S/C16H19FN4O3S2/c1-11-9-12(3-4-14(11)17)18-15(22)13-10-20(2)19-16(13)26(23,24)21-5-7-25-8-6-21/h3-4,9-10H,5-8H2,1-2H3,(H,18,22). The molecule has 1 aromatic carbocycles. The number of aromatic nitrogens is 2. The van der Waals surface area contributed by atoms with E-state index in [-0.39, 0.29) is 16.4 Å². The molecule has 10 heteroatoms. The third-order valence-electron chi connectivity index (χ3n) is 4.01. The van der Waals surface area contributed by atoms with Gasteiger partial charge in [0.2, 0.25) is 5.03 Å². The first-order valence-electron chi connectivity index (χ1n) is 7.98. The number of halogens is 1. The number of benzene rings is 1. The van der Waals surface area contributed by atoms with Crippen LogP contribution < -0.4 is 5.32 Å². The molecule has 26 heavy (non-hydrogen) atoms. The van der Waals surface area contributed by atoms with Crippen molar-refractivity contribution in [2.24, 2.45) is 7.05 Å². The molecule has 0 unspecified atom stereocenters. The fourth-order valence-corrected chi connectivity index (χ4v) is 5.34. The minimum absolute atomic E-state index is 0.0345. The minimum atomic E-state index is -3.86. The Labute approximate surface area is 155 Å². The Morgan fingerprint density at radius 2 is 2.00 bits per heavy atom. The highest BCUT2D eigenvalue weighted by Gasteiger charge is 2.33. The number of aryl methyl sites for hydroxylation is 2. The normalized spacial score (nSPS) is 15.8. The van der Waals surface area contributed by atoms with Crippen molar-refractivity contribution in [3.8, 4) is 0 Å². The van der Waals surface area contributed by atoms with E-state index >= 15 is 0 Å². The van der Waals surface area contributed by atoms with Gasteiger partial charge in [-0.15, -0.1) is 0 Å². The number of carbonyl (C=O) groups excluding carboxylic acids is 1. The number of nitrogens with zero attached hydrogens (tertiary/aromatic N) is 3. The Morgan fingerprint density at radius 1 is 1.31 bits per heavy atom. The molecule has 0 bridgehead atoms. The Bertz CT molecular complexity index is 937. The van der Waals surface area contributed by atoms with E-state index in [0.717, 1.165) is 0 Å². The molecular weight excluding hydrogens is 379 g/mol. The number of anilines is 1. The summed E-state index contributed by atoms with van der Waals surface area (Å²) >= 11 is 1.69. The molecular formula is C16H19FN4O3S2. The summed E-state index contributed by atoms with van der Waals surface area (Å²) in [5.74, 6) is 0.440. The average molecular weight is 398 g/mol. The Hall–Kier alpha value is -1.91. The van der Waals surface area contributed by atoms with E-state index in [9.17, 15) is 17.6 Å². The van der Waals surface area contributed by atoms with Crippen LogP contribution in [0.3, 0.4) is 0 Å². The molecule has 3 rings (SSSR count). The van der Waals surface area contributed by atoms with Gasteiger partial charge in [-0.25, -0.2) is 12.8 Å². The molecule has 0 atom stereocenters. The predicted molar refractivity (Wildman–Crippen MR) is 98.4 cm³/mol. The number of amides is 1. The van der Waals surface area contributed by atoms with Crippen LogP contribution in [0.5, 0.6) is 0 Å². The molecule has 1 aliphatic heterocycles. The first kappa shape index (κ1) is 18.9. The molecule has 1 aliphatic rings. The van der Waals surface area contributed by atoms with Gasteiger partial charge in [0.15, 0.2) is 0 Å². The molecule has 7 nitrogen and oxygen atoms in total. The average Bonchev–Trinajstić information content (AvgIpc) is 3.02. The largest absolute Gasteiger partial charge is 0.322 e. The van der Waals surface area contributed by atoms with Gasteiger partial charge in [0.1, 0.15) is 5.82 Å². The third-order valence-corrected chi connectivity index (χ3v) is 6.79. The maximum atomic E-state index is 13.4. The molecule has 0 saturated carbocycles. The highest BCUT2D eigenvalue weighted by Crippen LogP contribution is 2.23. The van der Waals surface area contributed by atoms with Crippen LogP contribution in [0.25, 0.3) is 0 Å². The van der Waals surface area contributed by atoms with E-state index in [1.807, 2.05) is 0 Å². The highest BCUT2D eigenvalue weighted by molar-refractivity contribution is 7.99. The van der Waals surface area contributed by atoms with Crippen molar-refractivity contribution in [3.05, 3.63) is 41.3 Å². The van der Waals surface area contributed by atoms with Crippen LogP contribution in [-0.4, -0.2) is 53.0 Å². The van der Waals surface area contributed by atoms with E-state index in [0.29, 0.717) is 35.8 Å². The lowest BCUT2D eigenvalue weighted by atomic mass is 10.2. The van der Waals surface area contributed by atoms with Crippen LogP contribution >= 0.6 is 11.8 Å². The summed E-state index contributed by atoms with van der Waals surface area (Å²) in [6, 6.07) is 4.16. The molecule has 140 valence electrons. The van der Waals surface area contributed by atoms with Gasteiger partial charge < -0.3 is 5.32 Å². The van der Waals surface area contributed by atoms with E-state index < -0.39 is 15.9 Å². The van der Waals surface area contributed by atoms with Gasteiger partial charge in [-0.2, -0.15) is 21.2 Å². The number of carbonyl (C=O) groups is 1. The summed E-state index contributed by atoms with van der Waals surface area (Å²) in [7, 11) is -2.30. The summed E-state index contributed by atoms with van der Waals surface area (Å²) in [6.45, 7) is 2.36. The molecule has 1 aromatic heterocycles. The topological polar surface area (TPSA) is 84.3 Å². The first-order chi connectivity index (χ1) is 12.3. The van der Waals surface area contributed by atoms with Gasteiger partial charge in [0.25, 0.3) is 15.9 Å². The molecule has 1 saturated heterocycles. The lowest BCUT2D eigenvalue weighted by molar-refractivity contribution is 0.102. The molecule has 0 aliphatic carbocycles. The lowest BCUT2D eigenvalue weighted by Crippen LogP contribution is -2.38. The summed E-state index contributed by atoms with van der Waals surface area (Å²) in [4.78, 5) is 12.6. The predicted octanol–water partition coefficient (Wildman–Crippen LogP) is 1.86. The van der Waals surface area contributed by atoms with E-state index in [1.54, 1.807) is 25.7 Å². The lowest BCUT2D eigenvalue weighted by Gasteiger charge is -2.24. The van der Waals surface area contributed by atoms with Gasteiger partial charge in [0.05, 0.1) is 5.56 Å². The number of thioether (sulfide) groups is 1. The van der Waals surface area contributed by atoms with Crippen molar-refractivity contribution in [3.63, 3.8) is 0 Å². The molecule has 1 N–H and O–H groups in total. The summed E-state index contributed by atoms with van der Waals surface area (Å²) in [5, 5.41) is 6.36. The fourth-order valence-electron chi connectivity index (χ4n) is 2.64. The molecule has 0 radical (unpaired) electrons. The van der Waals surface area contributed by atoms with Crippen LogP contribution in [0.2, 0.25) is 0 Å². The van der Waals surface area contributed by atoms with Crippen LogP contribution in [0.4, 0.5) is 10.1 Å². The summed E-state index contributed by atoms with van der Waals surface area (Å²) in [5.41, 5.74) is 0.732. The number of hydrogen-bond acceptors (Lipinski definition) is 5. The SMILES string of the molecule is Cc1cc(NC(=O)c2cn(C)nc2S(=O)(=O)N2CCSCC2)ccc1F. The zero-order valence-electron chi connectivity index (χ0n) is 14.4. The fraction of sp³-hybridized carbons (Fsp3) is 0.375. The smallest absolute Gasteiger partial charge is 0.263 e. The van der Waals surface area contributed by atoms with Gasteiger partial charge in [-0.3, -0.25) is 9.48 Å². The van der Waals surface area contributed by atoms with Crippen molar-refractivity contribution in [1.82, 2.24) is 14.1 Å². The zero-order chi connectivity index (χ0) is 18.9. The molecule has 1 amide bonds. The van der Waals surface area contributed by atoms with E-state index in [4.69, 9.17) is 0 Å². The third kappa shape index (κ3) is 3.76. The highest BCUT2D eigenvalue weighted by atomic mass is 32.2. The second-order valence-corrected chi connectivity index (χ2v) is 9.03. The maximum absolute atomic E-state index is 13.4. The zero-order valence-corrected chi connectivity index (χ0v) is 16.0. The Morgan fingerprint density at radius 3 is 2.65 bits per heavy atom. The Balaban J connectivity index is 1.90. The van der Waals surface area contributed by atoms with Crippen molar-refractivity contribution in [2.45, 2.75) is 11.9 Å². The second-order valence-electron chi connectivity index (χ2n) is 5.96. The van der Waals surface area contributed by atoms with Gasteiger partial charge in [-0.05, 0) is 30.7 Å². The molecule has 2 aromatic rings. The van der Waals surface area contributed by atoms with Gasteiger partial charge >= 0.3 is 0 Å². The minimum Gasteiger partial charge on any atom is -0.322 e. The van der Waals surface area contributed by atoms with Crippen molar-refractivity contribution in [1.29, 1.82) is 0 Å². The molecule has 0 spiro atoms. The van der Waals surface area contributed by atoms with Crippen LogP contribution in [0, 0.1) is 12.7 Å². The summed E-state index contributed by atoms with van der Waals surface area (Å²) in [6.07, 6.45) is 1.37. The second kappa shape index (κ2) is 7.37. The van der Waals surface area contributed by atoms with Crippen LogP contribution in [-0.2, 0) is 17.1 Å². The summed E-state index contributed by atoms with van der Waals surface area (Å²) < 4.78 is 41.8. The number of nitrogens with one attached hydrogen (secondary N) is 1. The van der Waals surface area contributed by atoms with Gasteiger partial charge in [0, 0.05) is 43.5 Å². The first-order valence-corrected chi connectivity index (χ1v) is 10.6. The van der Waals surface area contributed by atoms with E-state index in [1.165, 1.54) is 33.4 Å². The number of hydrogen-bond donors (Lipinski definition) is 1. The van der Waals surface area contributed by atoms with Crippen molar-refractivity contribution >= 4 is 33.4 Å². The quantitative estimate of drug-likeness (QED) is 0.850. The van der Waals surface area contributed by atoms with Crippen molar-refractivity contribution < 1.29 is 17.6 Å². The monoisotopic (exact) mass is 398 g/mol.